The van der Waals surface area contributed by atoms with E-state index in [9.17, 15) is 13.2 Å². The number of sulfone groups is 1. The van der Waals surface area contributed by atoms with Gasteiger partial charge in [-0.05, 0) is 67.1 Å². The van der Waals surface area contributed by atoms with Crippen LogP contribution in [0.2, 0.25) is 10.0 Å². The number of imidazole rings is 1. The van der Waals surface area contributed by atoms with Gasteiger partial charge in [-0.1, -0.05) is 35.3 Å². The zero-order chi connectivity index (χ0) is 24.5. The Morgan fingerprint density at radius 1 is 1.00 bits per heavy atom. The number of nitrogens with one attached hydrogen (secondary N) is 1. The van der Waals surface area contributed by atoms with E-state index in [1.165, 1.54) is 12.1 Å². The summed E-state index contributed by atoms with van der Waals surface area (Å²) in [5, 5.41) is 5.33. The maximum Gasteiger partial charge on any atom is 0.260 e. The highest BCUT2D eigenvalue weighted by Crippen LogP contribution is 2.27. The van der Waals surface area contributed by atoms with Crippen LogP contribution in [0.4, 0.5) is 0 Å². The quantitative estimate of drug-likeness (QED) is 0.290. The molecule has 0 unspecified atom stereocenters. The van der Waals surface area contributed by atoms with Gasteiger partial charge in [0, 0.05) is 21.9 Å². The van der Waals surface area contributed by atoms with Gasteiger partial charge in [0.25, 0.3) is 5.91 Å². The standard InChI is InChI=1S/C24H20Cl2N4O3S/c1-15(16-3-7-18(25)8-4-16)28-29-23(31)14-30-22-12-9-19(26)13-21(22)27-24(30)17-5-10-20(11-6-17)34(2,32)33/h3-13H,14H2,1-2H3,(H,29,31)/b28-15+. The molecule has 34 heavy (non-hydrogen) atoms. The lowest BCUT2D eigenvalue weighted by Gasteiger charge is -2.10. The summed E-state index contributed by atoms with van der Waals surface area (Å²) in [6.07, 6.45) is 1.15. The van der Waals surface area contributed by atoms with Crippen LogP contribution in [0.15, 0.2) is 76.7 Å². The lowest BCUT2D eigenvalue weighted by atomic mass is 10.1. The molecule has 1 amide bonds. The Hall–Kier alpha value is -3.20. The van der Waals surface area contributed by atoms with Crippen LogP contribution < -0.4 is 5.43 Å². The Balaban J connectivity index is 1.65. The highest BCUT2D eigenvalue weighted by atomic mass is 35.5. The van der Waals surface area contributed by atoms with Crippen LogP contribution in [0, 0.1) is 0 Å². The minimum Gasteiger partial charge on any atom is -0.314 e. The molecule has 0 atom stereocenters. The second-order valence-corrected chi connectivity index (χ2v) is 10.6. The number of hydrazone groups is 1. The van der Waals surface area contributed by atoms with Gasteiger partial charge in [0.05, 0.1) is 21.6 Å². The number of rotatable bonds is 6. The third-order valence-corrected chi connectivity index (χ3v) is 6.78. The fourth-order valence-corrected chi connectivity index (χ4v) is 4.34. The van der Waals surface area contributed by atoms with Crippen molar-refractivity contribution in [1.82, 2.24) is 15.0 Å². The molecule has 0 saturated carbocycles. The molecule has 4 aromatic rings. The lowest BCUT2D eigenvalue weighted by Crippen LogP contribution is -2.24. The van der Waals surface area contributed by atoms with Crippen LogP contribution in [0.25, 0.3) is 22.4 Å². The average molecular weight is 515 g/mol. The molecule has 0 aliphatic heterocycles. The smallest absolute Gasteiger partial charge is 0.260 e. The summed E-state index contributed by atoms with van der Waals surface area (Å²) >= 11 is 12.1. The molecule has 0 spiro atoms. The normalized spacial score (nSPS) is 12.2. The highest BCUT2D eigenvalue weighted by molar-refractivity contribution is 7.90. The van der Waals surface area contributed by atoms with Gasteiger partial charge >= 0.3 is 0 Å². The molecule has 3 aromatic carbocycles. The molecule has 1 N–H and O–H groups in total. The van der Waals surface area contributed by atoms with E-state index in [2.05, 4.69) is 15.5 Å². The maximum absolute atomic E-state index is 12.8. The van der Waals surface area contributed by atoms with Crippen molar-refractivity contribution in [2.45, 2.75) is 18.4 Å². The number of halogens is 2. The summed E-state index contributed by atoms with van der Waals surface area (Å²) in [5.41, 5.74) is 6.02. The minimum atomic E-state index is -3.33. The predicted octanol–water partition coefficient (Wildman–Crippen LogP) is 4.95. The Morgan fingerprint density at radius 2 is 1.65 bits per heavy atom. The molecule has 0 aliphatic carbocycles. The van der Waals surface area contributed by atoms with Crippen LogP contribution in [0.1, 0.15) is 12.5 Å². The number of fused-ring (bicyclic) bond motifs is 1. The van der Waals surface area contributed by atoms with Gasteiger partial charge in [0.1, 0.15) is 12.4 Å². The molecule has 1 aromatic heterocycles. The first kappa shape index (κ1) is 23.9. The van der Waals surface area contributed by atoms with E-state index in [-0.39, 0.29) is 17.3 Å². The molecular formula is C24H20Cl2N4O3S. The Labute approximate surface area is 206 Å². The monoisotopic (exact) mass is 514 g/mol. The van der Waals surface area contributed by atoms with E-state index in [4.69, 9.17) is 23.2 Å². The van der Waals surface area contributed by atoms with Crippen molar-refractivity contribution in [3.63, 3.8) is 0 Å². The van der Waals surface area contributed by atoms with Crippen LogP contribution in [-0.2, 0) is 21.2 Å². The zero-order valence-corrected chi connectivity index (χ0v) is 20.6. The Morgan fingerprint density at radius 3 is 2.29 bits per heavy atom. The van der Waals surface area contributed by atoms with Crippen LogP contribution in [0.3, 0.4) is 0 Å². The number of aromatic nitrogens is 2. The van der Waals surface area contributed by atoms with E-state index in [1.54, 1.807) is 54.0 Å². The van der Waals surface area contributed by atoms with Crippen molar-refractivity contribution < 1.29 is 13.2 Å². The summed E-state index contributed by atoms with van der Waals surface area (Å²) in [4.78, 5) is 17.6. The van der Waals surface area contributed by atoms with Crippen molar-refractivity contribution in [3.05, 3.63) is 82.3 Å². The Bertz CT molecular complexity index is 1510. The van der Waals surface area contributed by atoms with Gasteiger partial charge < -0.3 is 4.57 Å². The van der Waals surface area contributed by atoms with Crippen LogP contribution in [-0.4, -0.2) is 35.8 Å². The van der Waals surface area contributed by atoms with Crippen molar-refractivity contribution in [2.24, 2.45) is 5.10 Å². The van der Waals surface area contributed by atoms with E-state index in [0.717, 1.165) is 11.8 Å². The predicted molar refractivity (Wildman–Crippen MR) is 135 cm³/mol. The molecular weight excluding hydrogens is 495 g/mol. The largest absolute Gasteiger partial charge is 0.314 e. The second kappa shape index (κ2) is 9.58. The topological polar surface area (TPSA) is 93.4 Å². The fraction of sp³-hybridized carbons (Fsp3) is 0.125. The van der Waals surface area contributed by atoms with E-state index in [0.29, 0.717) is 38.2 Å². The zero-order valence-electron chi connectivity index (χ0n) is 18.3. The first-order valence-electron chi connectivity index (χ1n) is 10.2. The molecule has 0 fully saturated rings. The third kappa shape index (κ3) is 5.30. The summed E-state index contributed by atoms with van der Waals surface area (Å²) in [6.45, 7) is 1.73. The number of hydrogen-bond donors (Lipinski definition) is 1. The number of amides is 1. The summed E-state index contributed by atoms with van der Waals surface area (Å²) in [6, 6.07) is 18.7. The van der Waals surface area contributed by atoms with Crippen molar-refractivity contribution in [3.8, 4) is 11.4 Å². The molecule has 1 heterocycles. The number of nitrogens with zero attached hydrogens (tertiary/aromatic N) is 3. The summed E-state index contributed by atoms with van der Waals surface area (Å²) in [7, 11) is -3.33. The van der Waals surface area contributed by atoms with Gasteiger partial charge in [-0.15, -0.1) is 0 Å². The van der Waals surface area contributed by atoms with E-state index >= 15 is 0 Å². The molecule has 0 saturated heterocycles. The summed E-state index contributed by atoms with van der Waals surface area (Å²) in [5.74, 6) is 0.155. The first-order valence-corrected chi connectivity index (χ1v) is 12.8. The molecule has 0 aliphatic rings. The van der Waals surface area contributed by atoms with Gasteiger partial charge in [-0.25, -0.2) is 18.8 Å². The maximum atomic E-state index is 12.8. The van der Waals surface area contributed by atoms with Crippen molar-refractivity contribution in [2.75, 3.05) is 6.26 Å². The van der Waals surface area contributed by atoms with Gasteiger partial charge in [-0.3, -0.25) is 4.79 Å². The lowest BCUT2D eigenvalue weighted by molar-refractivity contribution is -0.121. The highest BCUT2D eigenvalue weighted by Gasteiger charge is 2.17. The molecule has 0 radical (unpaired) electrons. The molecule has 174 valence electrons. The number of benzene rings is 3. The molecule has 7 nitrogen and oxygen atoms in total. The van der Waals surface area contributed by atoms with Gasteiger partial charge in [0.15, 0.2) is 9.84 Å². The molecule has 0 bridgehead atoms. The third-order valence-electron chi connectivity index (χ3n) is 5.16. The average Bonchev–Trinajstić information content (AvgIpc) is 3.14. The van der Waals surface area contributed by atoms with E-state index in [1.807, 2.05) is 12.1 Å². The first-order chi connectivity index (χ1) is 16.1. The second-order valence-electron chi connectivity index (χ2n) is 7.69. The number of carbonyl (C=O) groups is 1. The Kier molecular flexibility index (Phi) is 6.74. The molecule has 4 rings (SSSR count). The van der Waals surface area contributed by atoms with Crippen LogP contribution in [0.5, 0.6) is 0 Å². The fourth-order valence-electron chi connectivity index (χ4n) is 3.42. The minimum absolute atomic E-state index is 0.0569. The van der Waals surface area contributed by atoms with Crippen LogP contribution >= 0.6 is 23.2 Å². The number of carbonyl (C=O) groups excluding carboxylic acids is 1. The van der Waals surface area contributed by atoms with Crippen molar-refractivity contribution >= 4 is 55.7 Å². The van der Waals surface area contributed by atoms with E-state index < -0.39 is 9.84 Å². The summed E-state index contributed by atoms with van der Waals surface area (Å²) < 4.78 is 25.4. The van der Waals surface area contributed by atoms with Gasteiger partial charge in [0.2, 0.25) is 0 Å². The van der Waals surface area contributed by atoms with Gasteiger partial charge in [-0.2, -0.15) is 5.10 Å². The number of hydrogen-bond acceptors (Lipinski definition) is 5. The molecule has 10 heteroatoms. The van der Waals surface area contributed by atoms with Crippen molar-refractivity contribution in [1.29, 1.82) is 0 Å². The SMILES string of the molecule is C/C(=N\NC(=O)Cn1c(-c2ccc(S(C)(=O)=O)cc2)nc2cc(Cl)ccc21)c1ccc(Cl)cc1.